The lowest BCUT2D eigenvalue weighted by atomic mass is 10.2. The van der Waals surface area contributed by atoms with Crippen LogP contribution in [0.1, 0.15) is 5.56 Å². The fourth-order valence-corrected chi connectivity index (χ4v) is 2.27. The fourth-order valence-electron chi connectivity index (χ4n) is 2.27. The lowest BCUT2D eigenvalue weighted by Crippen LogP contribution is -2.36. The predicted octanol–water partition coefficient (Wildman–Crippen LogP) is 1.98. The summed E-state index contributed by atoms with van der Waals surface area (Å²) in [6, 6.07) is 5.71. The van der Waals surface area contributed by atoms with Crippen LogP contribution in [0.25, 0.3) is 11.5 Å². The summed E-state index contributed by atoms with van der Waals surface area (Å²) in [5.74, 6) is 0.397. The van der Waals surface area contributed by atoms with E-state index in [1.54, 1.807) is 36.9 Å². The summed E-state index contributed by atoms with van der Waals surface area (Å²) in [6.07, 6.45) is 8.35. The summed E-state index contributed by atoms with van der Waals surface area (Å²) in [5, 5.41) is 5.50. The number of rotatable bonds is 6. The molecular formula is C17H17FN6O. The Hall–Kier alpha value is -3.29. The monoisotopic (exact) mass is 340 g/mol. The lowest BCUT2D eigenvalue weighted by Gasteiger charge is -2.10. The van der Waals surface area contributed by atoms with Crippen molar-refractivity contribution in [2.45, 2.75) is 13.1 Å². The van der Waals surface area contributed by atoms with Crippen molar-refractivity contribution < 1.29 is 9.18 Å². The zero-order valence-electron chi connectivity index (χ0n) is 13.4. The molecule has 0 saturated heterocycles. The van der Waals surface area contributed by atoms with E-state index in [1.165, 1.54) is 12.1 Å². The molecule has 2 heterocycles. The highest BCUT2D eigenvalue weighted by atomic mass is 19.1. The minimum atomic E-state index is -0.299. The molecule has 0 fully saturated rings. The molecular weight excluding hydrogens is 323 g/mol. The predicted molar refractivity (Wildman–Crippen MR) is 89.9 cm³/mol. The summed E-state index contributed by atoms with van der Waals surface area (Å²) >= 11 is 0. The summed E-state index contributed by atoms with van der Waals surface area (Å²) in [6.45, 7) is 1.32. The van der Waals surface area contributed by atoms with E-state index in [4.69, 9.17) is 0 Å². The molecule has 0 aliphatic rings. The number of nitrogens with one attached hydrogen (secondary N) is 2. The van der Waals surface area contributed by atoms with E-state index >= 15 is 0 Å². The zero-order chi connectivity index (χ0) is 17.5. The molecule has 0 saturated carbocycles. The van der Waals surface area contributed by atoms with Gasteiger partial charge in [0.2, 0.25) is 0 Å². The molecule has 0 atom stereocenters. The first-order chi connectivity index (χ1) is 12.2. The average Bonchev–Trinajstić information content (AvgIpc) is 3.10. The molecule has 1 aromatic carbocycles. The molecule has 25 heavy (non-hydrogen) atoms. The number of hydrogen-bond acceptors (Lipinski definition) is 4. The van der Waals surface area contributed by atoms with E-state index in [9.17, 15) is 9.18 Å². The third-order valence-corrected chi connectivity index (χ3v) is 3.51. The Kier molecular flexibility index (Phi) is 5.30. The molecule has 0 aliphatic heterocycles. The van der Waals surface area contributed by atoms with Crippen LogP contribution >= 0.6 is 0 Å². The number of hydrogen-bond donors (Lipinski definition) is 2. The van der Waals surface area contributed by atoms with Crippen molar-refractivity contribution in [1.29, 1.82) is 0 Å². The van der Waals surface area contributed by atoms with E-state index in [2.05, 4.69) is 25.6 Å². The van der Waals surface area contributed by atoms with Crippen molar-refractivity contribution in [2.24, 2.45) is 0 Å². The molecule has 0 unspecified atom stereocenters. The number of aromatic nitrogens is 4. The summed E-state index contributed by atoms with van der Waals surface area (Å²) < 4.78 is 14.7. The maximum atomic E-state index is 12.8. The van der Waals surface area contributed by atoms with Crippen molar-refractivity contribution in [3.63, 3.8) is 0 Å². The maximum Gasteiger partial charge on any atom is 0.315 e. The summed E-state index contributed by atoms with van der Waals surface area (Å²) in [4.78, 5) is 24.3. The minimum absolute atomic E-state index is 0.287. The van der Waals surface area contributed by atoms with Crippen LogP contribution < -0.4 is 10.6 Å². The van der Waals surface area contributed by atoms with Crippen molar-refractivity contribution in [3.8, 4) is 11.5 Å². The molecule has 0 radical (unpaired) electrons. The maximum absolute atomic E-state index is 12.8. The molecule has 2 N–H and O–H groups in total. The molecule has 0 spiro atoms. The van der Waals surface area contributed by atoms with Gasteiger partial charge in [-0.1, -0.05) is 12.1 Å². The van der Waals surface area contributed by atoms with Gasteiger partial charge in [0.15, 0.2) is 5.82 Å². The number of carbonyl (C=O) groups excluding carboxylic acids is 1. The first-order valence-electron chi connectivity index (χ1n) is 7.76. The Morgan fingerprint density at radius 2 is 1.92 bits per heavy atom. The van der Waals surface area contributed by atoms with E-state index in [0.29, 0.717) is 31.2 Å². The van der Waals surface area contributed by atoms with Gasteiger partial charge >= 0.3 is 6.03 Å². The number of carbonyl (C=O) groups is 1. The Morgan fingerprint density at radius 1 is 1.08 bits per heavy atom. The van der Waals surface area contributed by atoms with E-state index in [-0.39, 0.29) is 11.8 Å². The van der Waals surface area contributed by atoms with E-state index in [1.807, 2.05) is 10.8 Å². The van der Waals surface area contributed by atoms with Crippen molar-refractivity contribution in [1.82, 2.24) is 30.2 Å². The van der Waals surface area contributed by atoms with Crippen LogP contribution in [0.5, 0.6) is 0 Å². The third kappa shape index (κ3) is 4.60. The highest BCUT2D eigenvalue weighted by molar-refractivity contribution is 5.73. The van der Waals surface area contributed by atoms with Gasteiger partial charge < -0.3 is 15.2 Å². The Labute approximate surface area is 144 Å². The molecule has 8 heteroatoms. The number of nitrogens with zero attached hydrogens (tertiary/aromatic N) is 4. The number of imidazole rings is 1. The lowest BCUT2D eigenvalue weighted by molar-refractivity contribution is 0.240. The highest BCUT2D eigenvalue weighted by Gasteiger charge is 2.07. The standard InChI is InChI=1S/C17H17FN6O/c18-14-3-1-13(2-4-14)11-23-17(25)22-8-10-24-9-7-21-16(24)15-12-19-5-6-20-15/h1-7,9,12H,8,10-11H2,(H2,22,23,25). The number of halogens is 1. The zero-order valence-corrected chi connectivity index (χ0v) is 13.4. The van der Waals surface area contributed by atoms with Gasteiger partial charge in [0.25, 0.3) is 0 Å². The number of amides is 2. The van der Waals surface area contributed by atoms with Crippen molar-refractivity contribution in [3.05, 3.63) is 66.6 Å². The van der Waals surface area contributed by atoms with Crippen LogP contribution in [0.15, 0.2) is 55.2 Å². The van der Waals surface area contributed by atoms with E-state index in [0.717, 1.165) is 5.56 Å². The molecule has 2 amide bonds. The molecule has 2 aromatic heterocycles. The Morgan fingerprint density at radius 3 is 2.68 bits per heavy atom. The quantitative estimate of drug-likeness (QED) is 0.718. The van der Waals surface area contributed by atoms with Gasteiger partial charge in [-0.05, 0) is 17.7 Å². The minimum Gasteiger partial charge on any atom is -0.336 e. The van der Waals surface area contributed by atoms with Crippen molar-refractivity contribution >= 4 is 6.03 Å². The van der Waals surface area contributed by atoms with Crippen LogP contribution in [0.4, 0.5) is 9.18 Å². The third-order valence-electron chi connectivity index (χ3n) is 3.51. The molecule has 3 aromatic rings. The molecule has 3 rings (SSSR count). The normalized spacial score (nSPS) is 10.4. The molecule has 0 aliphatic carbocycles. The van der Waals surface area contributed by atoms with Crippen LogP contribution in [-0.4, -0.2) is 32.1 Å². The highest BCUT2D eigenvalue weighted by Crippen LogP contribution is 2.12. The summed E-state index contributed by atoms with van der Waals surface area (Å²) in [5.41, 5.74) is 1.50. The fraction of sp³-hybridized carbons (Fsp3) is 0.176. The van der Waals surface area contributed by atoms with Gasteiger partial charge in [0, 0.05) is 44.4 Å². The van der Waals surface area contributed by atoms with Gasteiger partial charge in [-0.2, -0.15) is 0 Å². The first kappa shape index (κ1) is 16.6. The second kappa shape index (κ2) is 8.00. The topological polar surface area (TPSA) is 84.7 Å². The largest absolute Gasteiger partial charge is 0.336 e. The van der Waals surface area contributed by atoms with Crippen LogP contribution in [0, 0.1) is 5.82 Å². The van der Waals surface area contributed by atoms with Gasteiger partial charge in [-0.3, -0.25) is 4.98 Å². The van der Waals surface area contributed by atoms with Gasteiger partial charge in [-0.15, -0.1) is 0 Å². The number of benzene rings is 1. The van der Waals surface area contributed by atoms with E-state index < -0.39 is 0 Å². The van der Waals surface area contributed by atoms with Gasteiger partial charge in [0.1, 0.15) is 11.5 Å². The number of urea groups is 1. The Balaban J connectivity index is 1.46. The molecule has 7 nitrogen and oxygen atoms in total. The Bertz CT molecular complexity index is 819. The second-order valence-electron chi connectivity index (χ2n) is 5.27. The van der Waals surface area contributed by atoms with Crippen LogP contribution in [0.2, 0.25) is 0 Å². The molecule has 128 valence electrons. The summed E-state index contributed by atoms with van der Waals surface area (Å²) in [7, 11) is 0. The molecule has 0 bridgehead atoms. The first-order valence-corrected chi connectivity index (χ1v) is 7.76. The van der Waals surface area contributed by atoms with Gasteiger partial charge in [0.05, 0.1) is 6.20 Å². The van der Waals surface area contributed by atoms with Crippen LogP contribution in [0.3, 0.4) is 0 Å². The van der Waals surface area contributed by atoms with Crippen LogP contribution in [-0.2, 0) is 13.1 Å². The second-order valence-corrected chi connectivity index (χ2v) is 5.27. The smallest absolute Gasteiger partial charge is 0.315 e. The van der Waals surface area contributed by atoms with Crippen molar-refractivity contribution in [2.75, 3.05) is 6.54 Å². The average molecular weight is 340 g/mol. The SMILES string of the molecule is O=C(NCCn1ccnc1-c1cnccn1)NCc1ccc(F)cc1. The van der Waals surface area contributed by atoms with Gasteiger partial charge in [-0.25, -0.2) is 19.2 Å².